The lowest BCUT2D eigenvalue weighted by Gasteiger charge is -2.34. The molecule has 1 amide bonds. The van der Waals surface area contributed by atoms with Crippen LogP contribution < -0.4 is 11.1 Å². The van der Waals surface area contributed by atoms with Crippen molar-refractivity contribution in [1.82, 2.24) is 10.2 Å². The molecule has 1 saturated heterocycles. The van der Waals surface area contributed by atoms with Gasteiger partial charge in [0.2, 0.25) is 5.91 Å². The van der Waals surface area contributed by atoms with E-state index >= 15 is 0 Å². The number of ether oxygens (including phenoxy) is 1. The van der Waals surface area contributed by atoms with E-state index in [9.17, 15) is 9.18 Å². The van der Waals surface area contributed by atoms with Gasteiger partial charge < -0.3 is 15.8 Å². The maximum atomic E-state index is 14.1. The average molecular weight is 295 g/mol. The molecule has 21 heavy (non-hydrogen) atoms. The van der Waals surface area contributed by atoms with Crippen LogP contribution >= 0.6 is 0 Å². The van der Waals surface area contributed by atoms with Gasteiger partial charge in [0, 0.05) is 31.7 Å². The molecule has 1 atom stereocenters. The van der Waals surface area contributed by atoms with Gasteiger partial charge in [0.05, 0.1) is 13.2 Å². The molecule has 1 heterocycles. The molecule has 2 rings (SSSR count). The van der Waals surface area contributed by atoms with Crippen molar-refractivity contribution in [3.05, 3.63) is 35.1 Å². The number of rotatable bonds is 5. The Morgan fingerprint density at radius 3 is 3.05 bits per heavy atom. The van der Waals surface area contributed by atoms with Crippen LogP contribution in [0.1, 0.15) is 18.1 Å². The number of nitrogens with zero attached hydrogens (tertiary/aromatic N) is 1. The number of nitrogens with two attached hydrogens (primary N) is 1. The van der Waals surface area contributed by atoms with Crippen LogP contribution in [0.3, 0.4) is 0 Å². The first-order chi connectivity index (χ1) is 10.2. The third kappa shape index (κ3) is 4.00. The summed E-state index contributed by atoms with van der Waals surface area (Å²) in [7, 11) is 0. The van der Waals surface area contributed by atoms with E-state index < -0.39 is 0 Å². The van der Waals surface area contributed by atoms with Crippen molar-refractivity contribution in [2.75, 3.05) is 26.3 Å². The monoisotopic (exact) mass is 295 g/mol. The molecular weight excluding hydrogens is 273 g/mol. The van der Waals surface area contributed by atoms with Gasteiger partial charge in [-0.15, -0.1) is 0 Å². The lowest BCUT2D eigenvalue weighted by atomic mass is 10.1. The standard InChI is InChI=1S/C15H22FN3O2/c1-2-18-15(20)14-10-21-6-5-19(14)9-12-4-3-11(8-17)7-13(12)16/h3-4,7,14H,2,5-6,8-10,17H2,1H3,(H,18,20). The van der Waals surface area contributed by atoms with Crippen molar-refractivity contribution >= 4 is 5.91 Å². The Morgan fingerprint density at radius 2 is 2.38 bits per heavy atom. The fourth-order valence-electron chi connectivity index (χ4n) is 2.43. The predicted molar refractivity (Wildman–Crippen MR) is 78.0 cm³/mol. The number of morpholine rings is 1. The van der Waals surface area contributed by atoms with Gasteiger partial charge in [0.1, 0.15) is 11.9 Å². The fraction of sp³-hybridized carbons (Fsp3) is 0.533. The van der Waals surface area contributed by atoms with Gasteiger partial charge in [0.25, 0.3) is 0 Å². The number of likely N-dealkylation sites (N-methyl/N-ethyl adjacent to an activating group) is 1. The third-order valence-electron chi connectivity index (χ3n) is 3.62. The fourth-order valence-corrected chi connectivity index (χ4v) is 2.43. The Morgan fingerprint density at radius 1 is 1.57 bits per heavy atom. The first kappa shape index (κ1) is 15.9. The second-order valence-corrected chi connectivity index (χ2v) is 5.09. The summed E-state index contributed by atoms with van der Waals surface area (Å²) in [6, 6.07) is 4.64. The van der Waals surface area contributed by atoms with Gasteiger partial charge >= 0.3 is 0 Å². The first-order valence-corrected chi connectivity index (χ1v) is 7.22. The van der Waals surface area contributed by atoms with Gasteiger partial charge in [-0.3, -0.25) is 9.69 Å². The molecular formula is C15H22FN3O2. The van der Waals surface area contributed by atoms with E-state index in [0.29, 0.717) is 45.0 Å². The highest BCUT2D eigenvalue weighted by atomic mass is 19.1. The van der Waals surface area contributed by atoms with Gasteiger partial charge in [0.15, 0.2) is 0 Å². The van der Waals surface area contributed by atoms with E-state index in [4.69, 9.17) is 10.5 Å². The lowest BCUT2D eigenvalue weighted by molar-refractivity contribution is -0.132. The highest BCUT2D eigenvalue weighted by Gasteiger charge is 2.29. The molecule has 0 aliphatic carbocycles. The molecule has 3 N–H and O–H groups in total. The molecule has 116 valence electrons. The summed E-state index contributed by atoms with van der Waals surface area (Å²) >= 11 is 0. The number of hydrogen-bond donors (Lipinski definition) is 2. The molecule has 0 saturated carbocycles. The average Bonchev–Trinajstić information content (AvgIpc) is 2.50. The minimum atomic E-state index is -0.368. The molecule has 0 bridgehead atoms. The molecule has 1 aromatic rings. The van der Waals surface area contributed by atoms with Crippen LogP contribution in [-0.4, -0.2) is 43.2 Å². The summed E-state index contributed by atoms with van der Waals surface area (Å²) < 4.78 is 19.4. The highest BCUT2D eigenvalue weighted by molar-refractivity contribution is 5.81. The summed E-state index contributed by atoms with van der Waals surface area (Å²) in [6.45, 7) is 4.66. The van der Waals surface area contributed by atoms with Crippen LogP contribution in [0.5, 0.6) is 0 Å². The summed E-state index contributed by atoms with van der Waals surface area (Å²) in [5.41, 5.74) is 6.84. The molecule has 0 spiro atoms. The summed E-state index contributed by atoms with van der Waals surface area (Å²) in [4.78, 5) is 14.0. The molecule has 1 aromatic carbocycles. The number of amides is 1. The predicted octanol–water partition coefficient (Wildman–Crippen LogP) is 0.621. The summed E-state index contributed by atoms with van der Waals surface area (Å²) in [5.74, 6) is -0.352. The van der Waals surface area contributed by atoms with Crippen molar-refractivity contribution in [3.8, 4) is 0 Å². The molecule has 6 heteroatoms. The van der Waals surface area contributed by atoms with E-state index in [2.05, 4.69) is 5.32 Å². The van der Waals surface area contributed by atoms with Gasteiger partial charge in [-0.2, -0.15) is 0 Å². The van der Waals surface area contributed by atoms with Crippen molar-refractivity contribution < 1.29 is 13.9 Å². The van der Waals surface area contributed by atoms with Crippen LogP contribution in [0.25, 0.3) is 0 Å². The quantitative estimate of drug-likeness (QED) is 0.836. The molecule has 1 fully saturated rings. The Bertz CT molecular complexity index is 496. The zero-order valence-corrected chi connectivity index (χ0v) is 12.3. The first-order valence-electron chi connectivity index (χ1n) is 7.22. The maximum absolute atomic E-state index is 14.1. The van der Waals surface area contributed by atoms with Crippen LogP contribution in [0.4, 0.5) is 4.39 Å². The molecule has 0 radical (unpaired) electrons. The van der Waals surface area contributed by atoms with Gasteiger partial charge in [-0.25, -0.2) is 4.39 Å². The van der Waals surface area contributed by atoms with E-state index in [1.165, 1.54) is 6.07 Å². The number of carbonyl (C=O) groups excluding carboxylic acids is 1. The number of halogens is 1. The Labute approximate surface area is 124 Å². The second-order valence-electron chi connectivity index (χ2n) is 5.09. The van der Waals surface area contributed by atoms with Crippen LogP contribution in [-0.2, 0) is 22.6 Å². The van der Waals surface area contributed by atoms with Crippen molar-refractivity contribution in [2.45, 2.75) is 26.1 Å². The largest absolute Gasteiger partial charge is 0.378 e. The Balaban J connectivity index is 2.10. The zero-order valence-electron chi connectivity index (χ0n) is 12.3. The smallest absolute Gasteiger partial charge is 0.239 e. The van der Waals surface area contributed by atoms with E-state index in [1.54, 1.807) is 6.07 Å². The topological polar surface area (TPSA) is 67.6 Å². The number of benzene rings is 1. The van der Waals surface area contributed by atoms with Gasteiger partial charge in [-0.05, 0) is 18.6 Å². The van der Waals surface area contributed by atoms with Crippen LogP contribution in [0, 0.1) is 5.82 Å². The minimum Gasteiger partial charge on any atom is -0.378 e. The molecule has 1 aliphatic rings. The van der Waals surface area contributed by atoms with E-state index in [-0.39, 0.29) is 17.8 Å². The maximum Gasteiger partial charge on any atom is 0.239 e. The molecule has 1 unspecified atom stereocenters. The molecule has 5 nitrogen and oxygen atoms in total. The van der Waals surface area contributed by atoms with E-state index in [0.717, 1.165) is 5.56 Å². The summed E-state index contributed by atoms with van der Waals surface area (Å²) in [6.07, 6.45) is 0. The molecule has 0 aromatic heterocycles. The number of nitrogens with one attached hydrogen (secondary N) is 1. The SMILES string of the molecule is CCNC(=O)C1COCCN1Cc1ccc(CN)cc1F. The Hall–Kier alpha value is -1.50. The number of carbonyl (C=O) groups is 1. The zero-order chi connectivity index (χ0) is 15.2. The van der Waals surface area contributed by atoms with Crippen LogP contribution in [0.15, 0.2) is 18.2 Å². The van der Waals surface area contributed by atoms with Gasteiger partial charge in [-0.1, -0.05) is 12.1 Å². The Kier molecular flexibility index (Phi) is 5.67. The van der Waals surface area contributed by atoms with Crippen molar-refractivity contribution in [1.29, 1.82) is 0 Å². The minimum absolute atomic E-state index is 0.0730. The normalized spacial score (nSPS) is 19.5. The lowest BCUT2D eigenvalue weighted by Crippen LogP contribution is -2.53. The summed E-state index contributed by atoms with van der Waals surface area (Å²) in [5, 5.41) is 2.79. The second kappa shape index (κ2) is 7.49. The third-order valence-corrected chi connectivity index (χ3v) is 3.62. The van der Waals surface area contributed by atoms with Crippen molar-refractivity contribution in [2.24, 2.45) is 5.73 Å². The number of hydrogen-bond acceptors (Lipinski definition) is 4. The van der Waals surface area contributed by atoms with Crippen molar-refractivity contribution in [3.63, 3.8) is 0 Å². The van der Waals surface area contributed by atoms with Crippen LogP contribution in [0.2, 0.25) is 0 Å². The van der Waals surface area contributed by atoms with E-state index in [1.807, 2.05) is 17.9 Å². The molecule has 1 aliphatic heterocycles. The highest BCUT2D eigenvalue weighted by Crippen LogP contribution is 2.16.